The van der Waals surface area contributed by atoms with Gasteiger partial charge in [-0.2, -0.15) is 0 Å². The molecule has 0 radical (unpaired) electrons. The molecule has 2 aliphatic rings. The molecule has 0 saturated carbocycles. The van der Waals surface area contributed by atoms with Crippen molar-refractivity contribution in [2.45, 2.75) is 50.1 Å². The summed E-state index contributed by atoms with van der Waals surface area (Å²) in [5, 5.41) is 9.73. The zero-order valence-electron chi connectivity index (χ0n) is 8.59. The van der Waals surface area contributed by atoms with Crippen LogP contribution in [0.4, 0.5) is 0 Å². The van der Waals surface area contributed by atoms with Gasteiger partial charge in [0.2, 0.25) is 0 Å². The highest BCUT2D eigenvalue weighted by Crippen LogP contribution is 2.32. The summed E-state index contributed by atoms with van der Waals surface area (Å²) in [6.45, 7) is 3.57. The number of aliphatic hydroxyl groups excluding tert-OH is 1. The van der Waals surface area contributed by atoms with Crippen molar-refractivity contribution in [3.05, 3.63) is 12.7 Å². The number of esters is 1. The quantitative estimate of drug-likeness (QED) is 0.555. The molecule has 0 aromatic carbocycles. The highest BCUT2D eigenvalue weighted by Gasteiger charge is 2.42. The van der Waals surface area contributed by atoms with Crippen molar-refractivity contribution in [2.75, 3.05) is 0 Å². The first-order valence-corrected chi connectivity index (χ1v) is 5.34. The first-order chi connectivity index (χ1) is 7.20. The normalized spacial score (nSPS) is 36.9. The van der Waals surface area contributed by atoms with E-state index in [2.05, 4.69) is 6.58 Å². The third kappa shape index (κ3) is 2.21. The predicted molar refractivity (Wildman–Crippen MR) is 53.2 cm³/mol. The lowest BCUT2D eigenvalue weighted by Crippen LogP contribution is -2.32. The Kier molecular flexibility index (Phi) is 3.07. The van der Waals surface area contributed by atoms with Crippen LogP contribution in [-0.4, -0.2) is 35.5 Å². The molecule has 4 nitrogen and oxygen atoms in total. The van der Waals surface area contributed by atoms with Crippen LogP contribution in [0.1, 0.15) is 25.7 Å². The Labute approximate surface area is 88.9 Å². The summed E-state index contributed by atoms with van der Waals surface area (Å²) < 4.78 is 10.8. The maximum atomic E-state index is 11.1. The molecule has 0 aromatic heterocycles. The number of hydrogen-bond donors (Lipinski definition) is 1. The zero-order chi connectivity index (χ0) is 10.8. The van der Waals surface area contributed by atoms with Gasteiger partial charge in [-0.25, -0.2) is 0 Å². The Morgan fingerprint density at radius 1 is 1.60 bits per heavy atom. The van der Waals surface area contributed by atoms with Crippen LogP contribution in [-0.2, 0) is 14.3 Å². The van der Waals surface area contributed by atoms with E-state index < -0.39 is 6.10 Å². The number of hydrogen-bond acceptors (Lipinski definition) is 4. The molecule has 15 heavy (non-hydrogen) atoms. The Bertz CT molecular complexity index is 263. The SMILES string of the molecule is C=CC[C@H](O)[C@H]1C[C@H]2OC(=O)CC[C@H]2O1. The van der Waals surface area contributed by atoms with Gasteiger partial charge < -0.3 is 14.6 Å². The second kappa shape index (κ2) is 4.33. The summed E-state index contributed by atoms with van der Waals surface area (Å²) >= 11 is 0. The van der Waals surface area contributed by atoms with Crippen molar-refractivity contribution in [2.24, 2.45) is 0 Å². The van der Waals surface area contributed by atoms with Gasteiger partial charge in [0.05, 0.1) is 18.3 Å². The van der Waals surface area contributed by atoms with E-state index >= 15 is 0 Å². The van der Waals surface area contributed by atoms with Crippen LogP contribution >= 0.6 is 0 Å². The fraction of sp³-hybridized carbons (Fsp3) is 0.727. The predicted octanol–water partition coefficient (Wildman–Crippen LogP) is 0.786. The second-order valence-electron chi connectivity index (χ2n) is 4.11. The molecule has 2 saturated heterocycles. The van der Waals surface area contributed by atoms with Crippen LogP contribution in [0.3, 0.4) is 0 Å². The summed E-state index contributed by atoms with van der Waals surface area (Å²) in [7, 11) is 0. The van der Waals surface area contributed by atoms with E-state index in [1.54, 1.807) is 6.08 Å². The molecule has 0 aliphatic carbocycles. The molecule has 0 unspecified atom stereocenters. The van der Waals surface area contributed by atoms with Gasteiger partial charge >= 0.3 is 5.97 Å². The van der Waals surface area contributed by atoms with Crippen LogP contribution in [0.2, 0.25) is 0 Å². The lowest BCUT2D eigenvalue weighted by atomic mass is 10.0. The molecular formula is C11H16O4. The van der Waals surface area contributed by atoms with E-state index in [4.69, 9.17) is 9.47 Å². The number of ether oxygens (including phenoxy) is 2. The van der Waals surface area contributed by atoms with Gasteiger partial charge in [-0.1, -0.05) is 6.08 Å². The minimum Gasteiger partial charge on any atom is -0.459 e. The monoisotopic (exact) mass is 212 g/mol. The summed E-state index contributed by atoms with van der Waals surface area (Å²) in [6, 6.07) is 0. The summed E-state index contributed by atoms with van der Waals surface area (Å²) in [5.41, 5.74) is 0. The first-order valence-electron chi connectivity index (χ1n) is 5.34. The van der Waals surface area contributed by atoms with E-state index in [9.17, 15) is 9.90 Å². The molecule has 1 N–H and O–H groups in total. The van der Waals surface area contributed by atoms with E-state index in [1.807, 2.05) is 0 Å². The Morgan fingerprint density at radius 2 is 2.40 bits per heavy atom. The molecule has 0 aromatic rings. The minimum absolute atomic E-state index is 0.0211. The fourth-order valence-corrected chi connectivity index (χ4v) is 2.18. The Hall–Kier alpha value is -0.870. The van der Waals surface area contributed by atoms with Gasteiger partial charge in [0.25, 0.3) is 0 Å². The smallest absolute Gasteiger partial charge is 0.306 e. The molecule has 2 rings (SSSR count). The molecule has 84 valence electrons. The molecule has 0 bridgehead atoms. The third-order valence-corrected chi connectivity index (χ3v) is 2.98. The van der Waals surface area contributed by atoms with E-state index in [-0.39, 0.29) is 24.3 Å². The zero-order valence-corrected chi connectivity index (χ0v) is 8.59. The third-order valence-electron chi connectivity index (χ3n) is 2.98. The van der Waals surface area contributed by atoms with Gasteiger partial charge in [-0.3, -0.25) is 4.79 Å². The first kappa shape index (κ1) is 10.6. The average Bonchev–Trinajstić information content (AvgIpc) is 2.60. The number of carbonyl (C=O) groups excluding carboxylic acids is 1. The van der Waals surface area contributed by atoms with Crippen molar-refractivity contribution in [1.82, 2.24) is 0 Å². The largest absolute Gasteiger partial charge is 0.459 e. The van der Waals surface area contributed by atoms with Crippen LogP contribution in [0.15, 0.2) is 12.7 Å². The highest BCUT2D eigenvalue weighted by atomic mass is 16.6. The maximum absolute atomic E-state index is 11.1. The molecule has 2 heterocycles. The van der Waals surface area contributed by atoms with E-state index in [1.165, 1.54) is 0 Å². The Morgan fingerprint density at radius 3 is 3.13 bits per heavy atom. The van der Waals surface area contributed by atoms with Crippen LogP contribution in [0, 0.1) is 0 Å². The van der Waals surface area contributed by atoms with E-state index in [0.717, 1.165) is 0 Å². The number of carbonyl (C=O) groups is 1. The molecule has 2 aliphatic heterocycles. The molecule has 2 fully saturated rings. The number of fused-ring (bicyclic) bond motifs is 1. The Balaban J connectivity index is 1.92. The molecule has 0 spiro atoms. The molecular weight excluding hydrogens is 196 g/mol. The van der Waals surface area contributed by atoms with Gasteiger partial charge in [-0.15, -0.1) is 6.58 Å². The lowest BCUT2D eigenvalue weighted by molar-refractivity contribution is -0.159. The van der Waals surface area contributed by atoms with Crippen LogP contribution in [0.5, 0.6) is 0 Å². The van der Waals surface area contributed by atoms with Crippen molar-refractivity contribution in [3.8, 4) is 0 Å². The van der Waals surface area contributed by atoms with Gasteiger partial charge in [0, 0.05) is 12.8 Å². The van der Waals surface area contributed by atoms with Gasteiger partial charge in [-0.05, 0) is 12.8 Å². The van der Waals surface area contributed by atoms with Gasteiger partial charge in [0.15, 0.2) is 0 Å². The molecule has 4 heteroatoms. The molecule has 0 amide bonds. The summed E-state index contributed by atoms with van der Waals surface area (Å²) in [6.07, 6.45) is 2.98. The van der Waals surface area contributed by atoms with Gasteiger partial charge in [0.1, 0.15) is 6.10 Å². The van der Waals surface area contributed by atoms with Crippen molar-refractivity contribution in [3.63, 3.8) is 0 Å². The molecule has 4 atom stereocenters. The van der Waals surface area contributed by atoms with Crippen molar-refractivity contribution >= 4 is 5.97 Å². The minimum atomic E-state index is -0.535. The highest BCUT2D eigenvalue weighted by molar-refractivity contribution is 5.70. The standard InChI is InChI=1S/C11H16O4/c1-2-3-7(12)9-6-10-8(14-9)4-5-11(13)15-10/h2,7-10,12H,1,3-6H2/t7-,8+,9+,10+/m0/s1. The fourth-order valence-electron chi connectivity index (χ4n) is 2.18. The summed E-state index contributed by atoms with van der Waals surface area (Å²) in [4.78, 5) is 11.1. The van der Waals surface area contributed by atoms with Crippen molar-refractivity contribution < 1.29 is 19.4 Å². The van der Waals surface area contributed by atoms with Crippen molar-refractivity contribution in [1.29, 1.82) is 0 Å². The number of aliphatic hydroxyl groups is 1. The van der Waals surface area contributed by atoms with Crippen LogP contribution in [0.25, 0.3) is 0 Å². The van der Waals surface area contributed by atoms with E-state index in [0.29, 0.717) is 25.7 Å². The lowest BCUT2D eigenvalue weighted by Gasteiger charge is -2.23. The number of rotatable bonds is 3. The topological polar surface area (TPSA) is 55.8 Å². The second-order valence-corrected chi connectivity index (χ2v) is 4.11. The van der Waals surface area contributed by atoms with Crippen LogP contribution < -0.4 is 0 Å². The maximum Gasteiger partial charge on any atom is 0.306 e. The summed E-state index contributed by atoms with van der Waals surface area (Å²) in [5.74, 6) is -0.154. The average molecular weight is 212 g/mol.